The summed E-state index contributed by atoms with van der Waals surface area (Å²) < 4.78 is 0. The predicted molar refractivity (Wildman–Crippen MR) is 54.8 cm³/mol. The minimum atomic E-state index is -0.866. The fraction of sp³-hybridized carbons (Fsp3) is 0.222. The van der Waals surface area contributed by atoms with E-state index in [1.54, 1.807) is 18.2 Å². The van der Waals surface area contributed by atoms with Crippen LogP contribution in [0, 0.1) is 0 Å². The number of benzene rings is 1. The van der Waals surface area contributed by atoms with Crippen molar-refractivity contribution in [1.29, 1.82) is 0 Å². The Bertz CT molecular complexity index is 509. The number of rotatable bonds is 3. The van der Waals surface area contributed by atoms with E-state index in [0.29, 0.717) is 16.1 Å². The lowest BCUT2D eigenvalue weighted by molar-refractivity contribution is -0.137. The van der Waals surface area contributed by atoms with Gasteiger partial charge < -0.3 is 5.11 Å². The fourth-order valence-electron chi connectivity index (χ4n) is 1.23. The van der Waals surface area contributed by atoms with Crippen LogP contribution in [-0.2, 0) is 11.3 Å². The van der Waals surface area contributed by atoms with Gasteiger partial charge in [-0.1, -0.05) is 11.6 Å². The lowest BCUT2D eigenvalue weighted by Crippen LogP contribution is -2.07. The summed E-state index contributed by atoms with van der Waals surface area (Å²) in [6.45, 7) is 0.266. The van der Waals surface area contributed by atoms with E-state index in [9.17, 15) is 4.79 Å². The zero-order chi connectivity index (χ0) is 10.8. The lowest BCUT2D eigenvalue weighted by atomic mass is 10.3. The van der Waals surface area contributed by atoms with Crippen LogP contribution in [0.25, 0.3) is 11.0 Å². The van der Waals surface area contributed by atoms with Crippen LogP contribution in [-0.4, -0.2) is 26.1 Å². The number of halogens is 1. The molecule has 78 valence electrons. The van der Waals surface area contributed by atoms with E-state index in [4.69, 9.17) is 16.7 Å². The molecular formula is C9H8ClN3O2. The fourth-order valence-corrected chi connectivity index (χ4v) is 1.39. The van der Waals surface area contributed by atoms with E-state index in [1.807, 2.05) is 0 Å². The first-order valence-corrected chi connectivity index (χ1v) is 4.75. The molecule has 0 spiro atoms. The van der Waals surface area contributed by atoms with Crippen LogP contribution in [0.4, 0.5) is 0 Å². The van der Waals surface area contributed by atoms with Gasteiger partial charge in [0.15, 0.2) is 0 Å². The van der Waals surface area contributed by atoms with Gasteiger partial charge >= 0.3 is 5.97 Å². The highest BCUT2D eigenvalue weighted by molar-refractivity contribution is 6.31. The molecule has 2 aromatic rings. The molecule has 1 heterocycles. The zero-order valence-corrected chi connectivity index (χ0v) is 8.48. The molecule has 15 heavy (non-hydrogen) atoms. The second-order valence-corrected chi connectivity index (χ2v) is 3.51. The minimum Gasteiger partial charge on any atom is -0.481 e. The van der Waals surface area contributed by atoms with Crippen molar-refractivity contribution in [2.75, 3.05) is 0 Å². The number of carboxylic acid groups (broad SMARTS) is 1. The van der Waals surface area contributed by atoms with Crippen molar-refractivity contribution in [3.05, 3.63) is 23.2 Å². The number of carboxylic acids is 1. The van der Waals surface area contributed by atoms with Crippen molar-refractivity contribution in [2.45, 2.75) is 13.0 Å². The molecule has 1 aromatic heterocycles. The summed E-state index contributed by atoms with van der Waals surface area (Å²) in [4.78, 5) is 11.7. The smallest absolute Gasteiger partial charge is 0.305 e. The quantitative estimate of drug-likeness (QED) is 0.861. The van der Waals surface area contributed by atoms with E-state index in [1.165, 1.54) is 4.80 Å². The van der Waals surface area contributed by atoms with E-state index in [-0.39, 0.29) is 13.0 Å². The minimum absolute atomic E-state index is 0.00865. The standard InChI is InChI=1S/C9H8ClN3O2/c10-6-1-2-7-8(5-6)12-13(11-7)4-3-9(14)15/h1-2,5H,3-4H2,(H,14,15). The lowest BCUT2D eigenvalue weighted by Gasteiger charge is -1.93. The van der Waals surface area contributed by atoms with Crippen molar-refractivity contribution < 1.29 is 9.90 Å². The number of aryl methyl sites for hydroxylation is 1. The predicted octanol–water partition coefficient (Wildman–Crippen LogP) is 1.56. The molecule has 0 amide bonds. The van der Waals surface area contributed by atoms with Gasteiger partial charge in [0.1, 0.15) is 11.0 Å². The number of nitrogens with zero attached hydrogens (tertiary/aromatic N) is 3. The van der Waals surface area contributed by atoms with Crippen molar-refractivity contribution in [3.63, 3.8) is 0 Å². The van der Waals surface area contributed by atoms with Crippen LogP contribution < -0.4 is 0 Å². The Balaban J connectivity index is 2.27. The average Bonchev–Trinajstić information content (AvgIpc) is 2.56. The molecule has 0 fully saturated rings. The van der Waals surface area contributed by atoms with E-state index in [2.05, 4.69) is 10.2 Å². The molecule has 1 aromatic carbocycles. The number of hydrogen-bond donors (Lipinski definition) is 1. The Morgan fingerprint density at radius 3 is 2.87 bits per heavy atom. The molecule has 0 saturated carbocycles. The third-order valence-electron chi connectivity index (χ3n) is 1.91. The van der Waals surface area contributed by atoms with Gasteiger partial charge in [-0.2, -0.15) is 15.0 Å². The Morgan fingerprint density at radius 2 is 2.13 bits per heavy atom. The van der Waals surface area contributed by atoms with Gasteiger partial charge in [-0.05, 0) is 18.2 Å². The third kappa shape index (κ3) is 2.24. The first kappa shape index (κ1) is 9.92. The topological polar surface area (TPSA) is 68.0 Å². The summed E-state index contributed by atoms with van der Waals surface area (Å²) in [6, 6.07) is 5.17. The molecule has 0 bridgehead atoms. The number of aromatic nitrogens is 3. The van der Waals surface area contributed by atoms with Crippen LogP contribution in [0.2, 0.25) is 5.02 Å². The maximum Gasteiger partial charge on any atom is 0.305 e. The summed E-state index contributed by atoms with van der Waals surface area (Å²) in [5, 5.41) is 17.3. The molecule has 0 aliphatic rings. The number of carbonyl (C=O) groups is 1. The van der Waals surface area contributed by atoms with Gasteiger partial charge in [-0.3, -0.25) is 4.79 Å². The molecule has 0 atom stereocenters. The van der Waals surface area contributed by atoms with Gasteiger partial charge in [0.25, 0.3) is 0 Å². The highest BCUT2D eigenvalue weighted by Gasteiger charge is 2.04. The second-order valence-electron chi connectivity index (χ2n) is 3.07. The first-order chi connectivity index (χ1) is 7.15. The van der Waals surface area contributed by atoms with Gasteiger partial charge in [0.2, 0.25) is 0 Å². The summed E-state index contributed by atoms with van der Waals surface area (Å²) in [5.41, 5.74) is 1.39. The van der Waals surface area contributed by atoms with Crippen LogP contribution in [0.3, 0.4) is 0 Å². The summed E-state index contributed by atoms with van der Waals surface area (Å²) in [5.74, 6) is -0.866. The monoisotopic (exact) mass is 225 g/mol. The number of aliphatic carboxylic acids is 1. The van der Waals surface area contributed by atoms with E-state index in [0.717, 1.165) is 0 Å². The molecule has 0 radical (unpaired) electrons. The number of fused-ring (bicyclic) bond motifs is 1. The van der Waals surface area contributed by atoms with Crippen molar-refractivity contribution in [1.82, 2.24) is 15.0 Å². The van der Waals surface area contributed by atoms with E-state index >= 15 is 0 Å². The molecule has 0 aliphatic carbocycles. The molecule has 0 unspecified atom stereocenters. The Labute approximate surface area is 90.3 Å². The van der Waals surface area contributed by atoms with Crippen molar-refractivity contribution >= 4 is 28.6 Å². The van der Waals surface area contributed by atoms with Gasteiger partial charge in [0, 0.05) is 5.02 Å². The normalized spacial score (nSPS) is 10.7. The van der Waals surface area contributed by atoms with Crippen molar-refractivity contribution in [2.24, 2.45) is 0 Å². The summed E-state index contributed by atoms with van der Waals surface area (Å²) >= 11 is 5.78. The van der Waals surface area contributed by atoms with Gasteiger partial charge in [-0.15, -0.1) is 0 Å². The summed E-state index contributed by atoms with van der Waals surface area (Å²) in [6.07, 6.45) is 0.00865. The highest BCUT2D eigenvalue weighted by Crippen LogP contribution is 2.15. The average molecular weight is 226 g/mol. The van der Waals surface area contributed by atoms with Crippen LogP contribution in [0.15, 0.2) is 18.2 Å². The second kappa shape index (κ2) is 3.86. The molecule has 6 heteroatoms. The Morgan fingerprint density at radius 1 is 1.40 bits per heavy atom. The molecular weight excluding hydrogens is 218 g/mol. The largest absolute Gasteiger partial charge is 0.481 e. The van der Waals surface area contributed by atoms with Crippen LogP contribution >= 0.6 is 11.6 Å². The molecule has 5 nitrogen and oxygen atoms in total. The maximum absolute atomic E-state index is 10.4. The highest BCUT2D eigenvalue weighted by atomic mass is 35.5. The van der Waals surface area contributed by atoms with Crippen LogP contribution in [0.1, 0.15) is 6.42 Å². The Hall–Kier alpha value is -1.62. The molecule has 0 aliphatic heterocycles. The van der Waals surface area contributed by atoms with Gasteiger partial charge in [0.05, 0.1) is 13.0 Å². The molecule has 1 N–H and O–H groups in total. The third-order valence-corrected chi connectivity index (χ3v) is 2.14. The SMILES string of the molecule is O=C(O)CCn1nc2ccc(Cl)cc2n1. The van der Waals surface area contributed by atoms with Gasteiger partial charge in [-0.25, -0.2) is 0 Å². The van der Waals surface area contributed by atoms with Crippen LogP contribution in [0.5, 0.6) is 0 Å². The summed E-state index contributed by atoms with van der Waals surface area (Å²) in [7, 11) is 0. The maximum atomic E-state index is 10.4. The molecule has 2 rings (SSSR count). The first-order valence-electron chi connectivity index (χ1n) is 4.37. The van der Waals surface area contributed by atoms with Crippen molar-refractivity contribution in [3.8, 4) is 0 Å². The number of hydrogen-bond acceptors (Lipinski definition) is 3. The van der Waals surface area contributed by atoms with E-state index < -0.39 is 5.97 Å². The zero-order valence-electron chi connectivity index (χ0n) is 7.72. The Kier molecular flexibility index (Phi) is 2.55. The molecule has 0 saturated heterocycles.